The first-order valence-corrected chi connectivity index (χ1v) is 10.3. The third kappa shape index (κ3) is 6.46. The summed E-state index contributed by atoms with van der Waals surface area (Å²) in [5, 5.41) is 6.47. The van der Waals surface area contributed by atoms with Crippen molar-refractivity contribution in [2.75, 3.05) is 29.9 Å². The van der Waals surface area contributed by atoms with Crippen molar-refractivity contribution < 1.29 is 4.79 Å². The van der Waals surface area contributed by atoms with Gasteiger partial charge in [-0.2, -0.15) is 0 Å². The van der Waals surface area contributed by atoms with Crippen LogP contribution in [0.25, 0.3) is 0 Å². The van der Waals surface area contributed by atoms with Crippen LogP contribution < -0.4 is 15.5 Å². The van der Waals surface area contributed by atoms with Gasteiger partial charge in [0.2, 0.25) is 5.91 Å². The molecule has 1 saturated heterocycles. The van der Waals surface area contributed by atoms with Crippen molar-refractivity contribution in [3.05, 3.63) is 12.4 Å². The highest BCUT2D eigenvalue weighted by Gasteiger charge is 2.22. The van der Waals surface area contributed by atoms with E-state index in [1.807, 2.05) is 6.07 Å². The van der Waals surface area contributed by atoms with E-state index in [0.717, 1.165) is 63.4 Å². The van der Waals surface area contributed by atoms with E-state index in [-0.39, 0.29) is 5.91 Å². The number of piperidine rings is 1. The molecule has 1 aliphatic rings. The molecule has 0 spiro atoms. The van der Waals surface area contributed by atoms with Gasteiger partial charge in [0.25, 0.3) is 0 Å². The summed E-state index contributed by atoms with van der Waals surface area (Å²) in [7, 11) is 0. The lowest BCUT2D eigenvalue weighted by molar-refractivity contribution is -0.122. The molecule has 6 nitrogen and oxygen atoms in total. The molecule has 0 aliphatic carbocycles. The maximum absolute atomic E-state index is 12.2. The van der Waals surface area contributed by atoms with Gasteiger partial charge in [0, 0.05) is 38.2 Å². The van der Waals surface area contributed by atoms with E-state index in [1.54, 1.807) is 6.33 Å². The van der Waals surface area contributed by atoms with Crippen LogP contribution in [-0.4, -0.2) is 41.6 Å². The molecule has 1 fully saturated rings. The average Bonchev–Trinajstić information content (AvgIpc) is 2.69. The summed E-state index contributed by atoms with van der Waals surface area (Å²) in [5.74, 6) is 2.63. The number of hydrogen-bond acceptors (Lipinski definition) is 5. The first-order valence-electron chi connectivity index (χ1n) is 10.3. The van der Waals surface area contributed by atoms with E-state index in [1.165, 1.54) is 6.42 Å². The van der Waals surface area contributed by atoms with Crippen LogP contribution in [0.5, 0.6) is 0 Å². The molecule has 2 N–H and O–H groups in total. The molecular formula is C20H35N5O. The zero-order valence-electron chi connectivity index (χ0n) is 16.6. The van der Waals surface area contributed by atoms with E-state index in [0.29, 0.717) is 18.4 Å². The molecule has 146 valence electrons. The SMILES string of the molecule is CCCNc1cc(N2CCCC(CCC(=O)NC(CC)CC)C2)ncn1. The molecule has 0 bridgehead atoms. The predicted molar refractivity (Wildman–Crippen MR) is 107 cm³/mol. The Morgan fingerprint density at radius 2 is 2.12 bits per heavy atom. The van der Waals surface area contributed by atoms with Crippen LogP contribution in [0.15, 0.2) is 12.4 Å². The van der Waals surface area contributed by atoms with Gasteiger partial charge in [-0.3, -0.25) is 4.79 Å². The molecule has 1 aromatic rings. The fourth-order valence-electron chi connectivity index (χ4n) is 3.51. The van der Waals surface area contributed by atoms with Gasteiger partial charge in [-0.05, 0) is 44.4 Å². The lowest BCUT2D eigenvalue weighted by atomic mass is 9.93. The van der Waals surface area contributed by atoms with Crippen LogP contribution in [0, 0.1) is 5.92 Å². The lowest BCUT2D eigenvalue weighted by Gasteiger charge is -2.33. The molecule has 6 heteroatoms. The Labute approximate surface area is 158 Å². The molecule has 0 saturated carbocycles. The number of nitrogens with one attached hydrogen (secondary N) is 2. The van der Waals surface area contributed by atoms with Gasteiger partial charge >= 0.3 is 0 Å². The smallest absolute Gasteiger partial charge is 0.220 e. The number of carbonyl (C=O) groups is 1. The van der Waals surface area contributed by atoms with Crippen LogP contribution in [0.1, 0.15) is 65.7 Å². The van der Waals surface area contributed by atoms with Crippen LogP contribution >= 0.6 is 0 Å². The maximum Gasteiger partial charge on any atom is 0.220 e. The van der Waals surface area contributed by atoms with Crippen molar-refractivity contribution in [1.29, 1.82) is 0 Å². The summed E-state index contributed by atoms with van der Waals surface area (Å²) in [4.78, 5) is 23.2. The molecule has 2 heterocycles. The first-order chi connectivity index (χ1) is 12.7. The zero-order valence-corrected chi connectivity index (χ0v) is 16.6. The van der Waals surface area contributed by atoms with Gasteiger partial charge in [0.1, 0.15) is 18.0 Å². The second-order valence-electron chi connectivity index (χ2n) is 7.26. The number of carbonyl (C=O) groups excluding carboxylic acids is 1. The van der Waals surface area contributed by atoms with E-state index in [4.69, 9.17) is 0 Å². The monoisotopic (exact) mass is 361 g/mol. The van der Waals surface area contributed by atoms with Crippen LogP contribution in [0.4, 0.5) is 11.6 Å². The van der Waals surface area contributed by atoms with E-state index in [2.05, 4.69) is 46.3 Å². The molecule has 0 radical (unpaired) electrons. The van der Waals surface area contributed by atoms with Gasteiger partial charge in [-0.15, -0.1) is 0 Å². The number of amides is 1. The first kappa shape index (κ1) is 20.5. The highest BCUT2D eigenvalue weighted by molar-refractivity contribution is 5.76. The predicted octanol–water partition coefficient (Wildman–Crippen LogP) is 3.60. The largest absolute Gasteiger partial charge is 0.370 e. The van der Waals surface area contributed by atoms with Gasteiger partial charge in [-0.1, -0.05) is 20.8 Å². The topological polar surface area (TPSA) is 70.2 Å². The third-order valence-electron chi connectivity index (χ3n) is 5.18. The van der Waals surface area contributed by atoms with Crippen molar-refractivity contribution in [3.8, 4) is 0 Å². The number of nitrogens with zero attached hydrogens (tertiary/aromatic N) is 3. The van der Waals surface area contributed by atoms with Crippen LogP contribution in [0.2, 0.25) is 0 Å². The standard InChI is InChI=1S/C20H35N5O/c1-4-11-21-18-13-19(23-15-22-18)25-12-7-8-16(14-25)9-10-20(26)24-17(5-2)6-3/h13,15-17H,4-12,14H2,1-3H3,(H,24,26)(H,21,22,23). The summed E-state index contributed by atoms with van der Waals surface area (Å²) in [5.41, 5.74) is 0. The fourth-order valence-corrected chi connectivity index (χ4v) is 3.51. The Balaban J connectivity index is 1.84. The van der Waals surface area contributed by atoms with E-state index in [9.17, 15) is 4.79 Å². The number of rotatable bonds is 10. The Bertz CT molecular complexity index is 547. The summed E-state index contributed by atoms with van der Waals surface area (Å²) >= 11 is 0. The highest BCUT2D eigenvalue weighted by Crippen LogP contribution is 2.25. The fraction of sp³-hybridized carbons (Fsp3) is 0.750. The molecule has 1 unspecified atom stereocenters. The molecule has 1 atom stereocenters. The minimum atomic E-state index is 0.198. The second kappa shape index (κ2) is 11.0. The molecule has 0 aromatic carbocycles. The van der Waals surface area contributed by atoms with Gasteiger partial charge in [-0.25, -0.2) is 9.97 Å². The summed E-state index contributed by atoms with van der Waals surface area (Å²) < 4.78 is 0. The number of hydrogen-bond donors (Lipinski definition) is 2. The summed E-state index contributed by atoms with van der Waals surface area (Å²) in [6.07, 6.45) is 8.64. The lowest BCUT2D eigenvalue weighted by Crippen LogP contribution is -2.37. The van der Waals surface area contributed by atoms with Crippen molar-refractivity contribution in [3.63, 3.8) is 0 Å². The van der Waals surface area contributed by atoms with Crippen molar-refractivity contribution in [1.82, 2.24) is 15.3 Å². The molecule has 2 rings (SSSR count). The Morgan fingerprint density at radius 1 is 1.31 bits per heavy atom. The molecule has 1 aliphatic heterocycles. The van der Waals surface area contributed by atoms with Gasteiger partial charge in [0.05, 0.1) is 0 Å². The molecule has 26 heavy (non-hydrogen) atoms. The Morgan fingerprint density at radius 3 is 2.85 bits per heavy atom. The number of aromatic nitrogens is 2. The Hall–Kier alpha value is -1.85. The summed E-state index contributed by atoms with van der Waals surface area (Å²) in [6.45, 7) is 9.31. The highest BCUT2D eigenvalue weighted by atomic mass is 16.1. The van der Waals surface area contributed by atoms with Crippen LogP contribution in [-0.2, 0) is 4.79 Å². The quantitative estimate of drug-likeness (QED) is 0.666. The Kier molecular flexibility index (Phi) is 8.65. The molecular weight excluding hydrogens is 326 g/mol. The zero-order chi connectivity index (χ0) is 18.8. The number of anilines is 2. The second-order valence-corrected chi connectivity index (χ2v) is 7.26. The van der Waals surface area contributed by atoms with Gasteiger partial charge in [0.15, 0.2) is 0 Å². The molecule has 1 amide bonds. The van der Waals surface area contributed by atoms with Crippen molar-refractivity contribution >= 4 is 17.5 Å². The van der Waals surface area contributed by atoms with Crippen molar-refractivity contribution in [2.24, 2.45) is 5.92 Å². The minimum absolute atomic E-state index is 0.198. The van der Waals surface area contributed by atoms with E-state index < -0.39 is 0 Å². The van der Waals surface area contributed by atoms with Crippen LogP contribution in [0.3, 0.4) is 0 Å². The minimum Gasteiger partial charge on any atom is -0.370 e. The van der Waals surface area contributed by atoms with Gasteiger partial charge < -0.3 is 15.5 Å². The molecule has 1 aromatic heterocycles. The van der Waals surface area contributed by atoms with E-state index >= 15 is 0 Å². The van der Waals surface area contributed by atoms with Crippen molar-refractivity contribution in [2.45, 2.75) is 71.8 Å². The summed E-state index contributed by atoms with van der Waals surface area (Å²) in [6, 6.07) is 2.36. The third-order valence-corrected chi connectivity index (χ3v) is 5.18. The average molecular weight is 362 g/mol. The maximum atomic E-state index is 12.2. The normalized spacial score (nSPS) is 17.4.